The molecule has 1 heterocycles. The van der Waals surface area contributed by atoms with Crippen molar-refractivity contribution in [2.24, 2.45) is 17.8 Å². The highest BCUT2D eigenvalue weighted by Gasteiger charge is 2.35. The molecule has 4 atom stereocenters. The van der Waals surface area contributed by atoms with Crippen LogP contribution in [-0.4, -0.2) is 21.6 Å². The molecule has 34 heavy (non-hydrogen) atoms. The molecule has 1 aromatic heterocycles. The number of alkyl halides is 3. The summed E-state index contributed by atoms with van der Waals surface area (Å²) in [7, 11) is 0. The summed E-state index contributed by atoms with van der Waals surface area (Å²) in [5, 5.41) is 0. The van der Waals surface area contributed by atoms with Gasteiger partial charge in [-0.1, -0.05) is 51.5 Å². The van der Waals surface area contributed by atoms with Crippen LogP contribution in [-0.2, 0) is 15.7 Å². The summed E-state index contributed by atoms with van der Waals surface area (Å²) >= 11 is 0. The molecule has 1 aliphatic rings. The van der Waals surface area contributed by atoms with Gasteiger partial charge in [-0.3, -0.25) is 0 Å². The van der Waals surface area contributed by atoms with Gasteiger partial charge in [-0.15, -0.1) is 0 Å². The topological polar surface area (TPSA) is 44.1 Å². The fourth-order valence-corrected chi connectivity index (χ4v) is 5.05. The number of rotatable bonds is 5. The van der Waals surface area contributed by atoms with Crippen molar-refractivity contribution in [3.63, 3.8) is 0 Å². The molecule has 0 N–H and O–H groups in total. The second kappa shape index (κ2) is 9.43. The number of nitrogens with zero attached hydrogens (tertiary/aromatic N) is 2. The van der Waals surface area contributed by atoms with E-state index in [1.807, 2.05) is 24.3 Å². The number of carbonyl (C=O) groups is 1. The maximum absolute atomic E-state index is 13.4. The molecule has 4 rings (SSSR count). The van der Waals surface area contributed by atoms with Gasteiger partial charge in [0.15, 0.2) is 0 Å². The third-order valence-corrected chi connectivity index (χ3v) is 7.02. The van der Waals surface area contributed by atoms with Crippen molar-refractivity contribution in [2.45, 2.75) is 65.3 Å². The quantitative estimate of drug-likeness (QED) is 0.366. The molecule has 1 fully saturated rings. The summed E-state index contributed by atoms with van der Waals surface area (Å²) < 4.78 is 47.0. The molecular formula is C27H31F3N2O2. The Balaban J connectivity index is 1.68. The number of hydrogen-bond acceptors (Lipinski definition) is 3. The zero-order chi connectivity index (χ0) is 24.6. The molecule has 0 amide bonds. The number of halogens is 3. The summed E-state index contributed by atoms with van der Waals surface area (Å²) in [5.41, 5.74) is 1.19. The Morgan fingerprint density at radius 1 is 1.06 bits per heavy atom. The molecule has 0 bridgehead atoms. The van der Waals surface area contributed by atoms with Gasteiger partial charge in [0.05, 0.1) is 16.6 Å². The second-order valence-electron chi connectivity index (χ2n) is 9.85. The van der Waals surface area contributed by atoms with E-state index in [4.69, 9.17) is 4.74 Å². The van der Waals surface area contributed by atoms with Crippen LogP contribution in [0.4, 0.5) is 13.2 Å². The molecule has 182 valence electrons. The highest BCUT2D eigenvalue weighted by molar-refractivity contribution is 5.84. The summed E-state index contributed by atoms with van der Waals surface area (Å²) in [5.74, 6) is 1.33. The van der Waals surface area contributed by atoms with Crippen molar-refractivity contribution in [3.05, 3.63) is 54.1 Å². The van der Waals surface area contributed by atoms with Crippen LogP contribution in [0.5, 0.6) is 0 Å². The summed E-state index contributed by atoms with van der Waals surface area (Å²) in [6, 6.07) is 11.6. The molecule has 0 radical (unpaired) electrons. The standard InChI is InChI=1S/C27H31F3N2O2/c1-16(2)21-14-9-17(3)15-24(21)34-26(33)18(4)32-23-8-6-5-7-22(23)31-25(32)19-10-12-20(13-11-19)27(28,29)30/h5-8,10-13,16-18,21,24H,9,14-15H2,1-4H3/t17-,18-,21+,24?/m1/s1. The first-order chi connectivity index (χ1) is 16.1. The number of imidazole rings is 1. The Kier molecular flexibility index (Phi) is 6.74. The normalized spacial score (nSPS) is 22.2. The number of benzene rings is 2. The first-order valence-corrected chi connectivity index (χ1v) is 11.9. The van der Waals surface area contributed by atoms with Gasteiger partial charge in [-0.25, -0.2) is 9.78 Å². The third-order valence-electron chi connectivity index (χ3n) is 7.02. The minimum Gasteiger partial charge on any atom is -0.461 e. The lowest BCUT2D eigenvalue weighted by molar-refractivity contribution is -0.159. The first kappa shape index (κ1) is 24.3. The van der Waals surface area contributed by atoms with E-state index in [2.05, 4.69) is 25.8 Å². The molecule has 0 saturated heterocycles. The Morgan fingerprint density at radius 2 is 1.74 bits per heavy atom. The zero-order valence-corrected chi connectivity index (χ0v) is 20.0. The van der Waals surface area contributed by atoms with Crippen LogP contribution in [0.1, 0.15) is 58.6 Å². The van der Waals surface area contributed by atoms with Gasteiger partial charge in [0.1, 0.15) is 18.0 Å². The summed E-state index contributed by atoms with van der Waals surface area (Å²) in [6.07, 6.45) is -1.53. The molecule has 7 heteroatoms. The van der Waals surface area contributed by atoms with Crippen molar-refractivity contribution >= 4 is 17.0 Å². The van der Waals surface area contributed by atoms with Crippen LogP contribution in [0.3, 0.4) is 0 Å². The van der Waals surface area contributed by atoms with Gasteiger partial charge in [-0.05, 0) is 61.8 Å². The number of para-hydroxylation sites is 2. The van der Waals surface area contributed by atoms with E-state index in [1.165, 1.54) is 12.1 Å². The predicted molar refractivity (Wildman–Crippen MR) is 126 cm³/mol. The van der Waals surface area contributed by atoms with Gasteiger partial charge in [0.25, 0.3) is 0 Å². The van der Waals surface area contributed by atoms with Crippen molar-refractivity contribution in [1.29, 1.82) is 0 Å². The van der Waals surface area contributed by atoms with E-state index in [1.54, 1.807) is 11.5 Å². The lowest BCUT2D eigenvalue weighted by atomic mass is 9.75. The lowest BCUT2D eigenvalue weighted by Gasteiger charge is -2.37. The van der Waals surface area contributed by atoms with Crippen LogP contribution < -0.4 is 0 Å². The molecule has 1 aliphatic carbocycles. The van der Waals surface area contributed by atoms with Gasteiger partial charge in [0, 0.05) is 5.56 Å². The van der Waals surface area contributed by atoms with Crippen molar-refractivity contribution < 1.29 is 22.7 Å². The molecule has 2 aromatic carbocycles. The van der Waals surface area contributed by atoms with E-state index in [9.17, 15) is 18.0 Å². The number of carbonyl (C=O) groups excluding carboxylic acids is 1. The number of fused-ring (bicyclic) bond motifs is 1. The second-order valence-corrected chi connectivity index (χ2v) is 9.85. The molecular weight excluding hydrogens is 441 g/mol. The number of aromatic nitrogens is 2. The first-order valence-electron chi connectivity index (χ1n) is 11.9. The SMILES string of the molecule is CC(C)[C@@H]1CC[C@@H](C)CC1OC(=O)[C@@H](C)n1c(-c2ccc(C(F)(F)F)cc2)nc2ccccc21. The Labute approximate surface area is 198 Å². The molecule has 0 spiro atoms. The maximum Gasteiger partial charge on any atom is 0.416 e. The van der Waals surface area contributed by atoms with Crippen molar-refractivity contribution in [3.8, 4) is 11.4 Å². The van der Waals surface area contributed by atoms with Crippen molar-refractivity contribution in [1.82, 2.24) is 9.55 Å². The van der Waals surface area contributed by atoms with Crippen LogP contribution in [0, 0.1) is 17.8 Å². The predicted octanol–water partition coefficient (Wildman–Crippen LogP) is 7.29. The van der Waals surface area contributed by atoms with E-state index < -0.39 is 17.8 Å². The van der Waals surface area contributed by atoms with Crippen LogP contribution in [0.25, 0.3) is 22.4 Å². The maximum atomic E-state index is 13.4. The Morgan fingerprint density at radius 3 is 2.38 bits per heavy atom. The minimum absolute atomic E-state index is 0.136. The van der Waals surface area contributed by atoms with E-state index in [0.29, 0.717) is 34.7 Å². The van der Waals surface area contributed by atoms with Gasteiger partial charge < -0.3 is 9.30 Å². The number of ether oxygens (including phenoxy) is 1. The number of hydrogen-bond donors (Lipinski definition) is 0. The fraction of sp³-hybridized carbons (Fsp3) is 0.481. The van der Waals surface area contributed by atoms with E-state index >= 15 is 0 Å². The largest absolute Gasteiger partial charge is 0.461 e. The minimum atomic E-state index is -4.42. The van der Waals surface area contributed by atoms with Crippen LogP contribution >= 0.6 is 0 Å². The van der Waals surface area contributed by atoms with Gasteiger partial charge >= 0.3 is 12.1 Å². The van der Waals surface area contributed by atoms with Gasteiger partial charge in [-0.2, -0.15) is 13.2 Å². The lowest BCUT2D eigenvalue weighted by Crippen LogP contribution is -2.37. The molecule has 1 unspecified atom stereocenters. The van der Waals surface area contributed by atoms with Crippen LogP contribution in [0.2, 0.25) is 0 Å². The molecule has 4 nitrogen and oxygen atoms in total. The average Bonchev–Trinajstić information content (AvgIpc) is 3.17. The van der Waals surface area contributed by atoms with Crippen molar-refractivity contribution in [2.75, 3.05) is 0 Å². The highest BCUT2D eigenvalue weighted by Crippen LogP contribution is 2.37. The smallest absolute Gasteiger partial charge is 0.416 e. The zero-order valence-electron chi connectivity index (χ0n) is 20.0. The average molecular weight is 473 g/mol. The summed E-state index contributed by atoms with van der Waals surface area (Å²) in [6.45, 7) is 8.28. The third kappa shape index (κ3) is 4.84. The van der Waals surface area contributed by atoms with E-state index in [-0.39, 0.29) is 12.1 Å². The molecule has 3 aromatic rings. The van der Waals surface area contributed by atoms with E-state index in [0.717, 1.165) is 36.9 Å². The Bertz CT molecular complexity index is 1150. The molecule has 0 aliphatic heterocycles. The monoisotopic (exact) mass is 472 g/mol. The Hall–Kier alpha value is -2.83. The fourth-order valence-electron chi connectivity index (χ4n) is 5.05. The number of esters is 1. The highest BCUT2D eigenvalue weighted by atomic mass is 19.4. The van der Waals surface area contributed by atoms with Crippen LogP contribution in [0.15, 0.2) is 48.5 Å². The molecule has 1 saturated carbocycles. The van der Waals surface area contributed by atoms with Gasteiger partial charge in [0.2, 0.25) is 0 Å². The summed E-state index contributed by atoms with van der Waals surface area (Å²) in [4.78, 5) is 18.0.